The van der Waals surface area contributed by atoms with E-state index in [2.05, 4.69) is 25.3 Å². The van der Waals surface area contributed by atoms with Crippen LogP contribution >= 0.6 is 11.8 Å². The third kappa shape index (κ3) is 6.78. The van der Waals surface area contributed by atoms with Gasteiger partial charge in [-0.2, -0.15) is 4.98 Å². The van der Waals surface area contributed by atoms with Crippen LogP contribution in [0.15, 0.2) is 59.5 Å². The summed E-state index contributed by atoms with van der Waals surface area (Å²) in [6.45, 7) is 5.91. The van der Waals surface area contributed by atoms with Gasteiger partial charge in [0, 0.05) is 22.1 Å². The minimum atomic E-state index is -4.77. The van der Waals surface area contributed by atoms with Crippen LogP contribution in [0.3, 0.4) is 0 Å². The Bertz CT molecular complexity index is 1050. The number of thioether (sulfide) groups is 1. The Balaban J connectivity index is 2.03. The summed E-state index contributed by atoms with van der Waals surface area (Å²) >= 11 is 1.59. The van der Waals surface area contributed by atoms with Crippen molar-refractivity contribution in [3.05, 3.63) is 54.6 Å². The number of hydrogen-bond acceptors (Lipinski definition) is 6. The van der Waals surface area contributed by atoms with E-state index in [-0.39, 0.29) is 11.3 Å². The van der Waals surface area contributed by atoms with Crippen molar-refractivity contribution in [3.63, 3.8) is 0 Å². The molecule has 0 bridgehead atoms. The van der Waals surface area contributed by atoms with Crippen LogP contribution in [-0.2, 0) is 0 Å². The molecule has 0 saturated carbocycles. The highest BCUT2D eigenvalue weighted by molar-refractivity contribution is 7.98. The summed E-state index contributed by atoms with van der Waals surface area (Å²) in [5.41, 5.74) is 1.49. The van der Waals surface area contributed by atoms with Crippen molar-refractivity contribution in [3.8, 4) is 17.0 Å². The second-order valence-electron chi connectivity index (χ2n) is 7.74. The zero-order valence-electron chi connectivity index (χ0n) is 17.5. The van der Waals surface area contributed by atoms with Gasteiger partial charge in [-0.15, -0.1) is 24.9 Å². The molecule has 0 aliphatic rings. The van der Waals surface area contributed by atoms with Crippen LogP contribution in [-0.4, -0.2) is 28.1 Å². The first-order valence-electron chi connectivity index (χ1n) is 9.46. The van der Waals surface area contributed by atoms with Crippen molar-refractivity contribution >= 4 is 29.2 Å². The van der Waals surface area contributed by atoms with Gasteiger partial charge in [0.05, 0.1) is 11.4 Å². The Hall–Kier alpha value is -2.94. The molecule has 2 aromatic carbocycles. The summed E-state index contributed by atoms with van der Waals surface area (Å²) < 4.78 is 42.0. The monoisotopic (exact) mass is 448 g/mol. The Morgan fingerprint density at radius 1 is 0.935 bits per heavy atom. The van der Waals surface area contributed by atoms with Gasteiger partial charge in [0.1, 0.15) is 11.6 Å². The number of hydrogen-bond donors (Lipinski definition) is 2. The summed E-state index contributed by atoms with van der Waals surface area (Å²) in [4.78, 5) is 10.1. The van der Waals surface area contributed by atoms with Crippen LogP contribution in [0.25, 0.3) is 11.3 Å². The minimum Gasteiger partial charge on any atom is -0.406 e. The van der Waals surface area contributed by atoms with Crippen LogP contribution in [0, 0.1) is 0 Å². The molecule has 3 aromatic rings. The van der Waals surface area contributed by atoms with E-state index < -0.39 is 6.36 Å². The lowest BCUT2D eigenvalue weighted by atomic mass is 10.1. The fourth-order valence-corrected chi connectivity index (χ4v) is 3.34. The molecule has 0 aliphatic heterocycles. The molecule has 2 N–H and O–H groups in total. The first-order valence-corrected chi connectivity index (χ1v) is 10.7. The molecule has 1 aromatic heterocycles. The molecule has 9 heteroatoms. The molecule has 1 heterocycles. The first-order chi connectivity index (χ1) is 14.5. The topological polar surface area (TPSA) is 59.1 Å². The van der Waals surface area contributed by atoms with Gasteiger partial charge in [0.15, 0.2) is 0 Å². The molecule has 0 unspecified atom stereocenters. The molecule has 164 valence electrons. The Morgan fingerprint density at radius 3 is 2.35 bits per heavy atom. The van der Waals surface area contributed by atoms with Gasteiger partial charge in [0.2, 0.25) is 5.95 Å². The van der Waals surface area contributed by atoms with Crippen LogP contribution in [0.2, 0.25) is 0 Å². The maximum Gasteiger partial charge on any atom is 0.573 e. The quantitative estimate of drug-likeness (QED) is 0.408. The molecular formula is C22H23F3N4OS. The van der Waals surface area contributed by atoms with E-state index in [9.17, 15) is 13.2 Å². The predicted octanol–water partition coefficient (Wildman–Crippen LogP) is 6.72. The van der Waals surface area contributed by atoms with Crippen LogP contribution in [0.5, 0.6) is 5.75 Å². The molecule has 3 rings (SSSR count). The minimum absolute atomic E-state index is 0.309. The summed E-state index contributed by atoms with van der Waals surface area (Å²) in [6.07, 6.45) is -2.79. The molecule has 0 saturated heterocycles. The average Bonchev–Trinajstić information content (AvgIpc) is 2.66. The van der Waals surface area contributed by atoms with Gasteiger partial charge < -0.3 is 15.4 Å². The summed E-state index contributed by atoms with van der Waals surface area (Å²) in [6, 6.07) is 15.2. The van der Waals surface area contributed by atoms with E-state index >= 15 is 0 Å². The number of aromatic nitrogens is 2. The number of rotatable bonds is 6. The van der Waals surface area contributed by atoms with Crippen molar-refractivity contribution < 1.29 is 17.9 Å². The summed E-state index contributed by atoms with van der Waals surface area (Å²) in [5, 5.41) is 6.51. The lowest BCUT2D eigenvalue weighted by molar-refractivity contribution is -0.274. The molecule has 0 aliphatic carbocycles. The largest absolute Gasteiger partial charge is 0.573 e. The van der Waals surface area contributed by atoms with E-state index in [0.717, 1.165) is 10.6 Å². The van der Waals surface area contributed by atoms with Crippen molar-refractivity contribution in [2.45, 2.75) is 37.6 Å². The van der Waals surface area contributed by atoms with Gasteiger partial charge in [-0.05, 0) is 51.3 Å². The smallest absolute Gasteiger partial charge is 0.406 e. The van der Waals surface area contributed by atoms with Crippen molar-refractivity contribution in [1.82, 2.24) is 9.97 Å². The lowest BCUT2D eigenvalue weighted by Crippen LogP contribution is -2.27. The Labute approximate surface area is 183 Å². The molecule has 31 heavy (non-hydrogen) atoms. The molecule has 0 spiro atoms. The molecular weight excluding hydrogens is 425 g/mol. The third-order valence-corrected chi connectivity index (χ3v) is 4.74. The number of benzene rings is 2. The van der Waals surface area contributed by atoms with Gasteiger partial charge in [0.25, 0.3) is 0 Å². The SMILES string of the molecule is CSc1ccccc1Nc1cc(-c2cccc(OC(F)(F)F)c2)nc(NC(C)(C)C)n1. The number of alkyl halides is 3. The third-order valence-electron chi connectivity index (χ3n) is 3.95. The number of halogens is 3. The summed E-state index contributed by atoms with van der Waals surface area (Å²) in [5.74, 6) is 0.563. The van der Waals surface area contributed by atoms with Gasteiger partial charge >= 0.3 is 6.36 Å². The van der Waals surface area contributed by atoms with Crippen LogP contribution in [0.4, 0.5) is 30.6 Å². The van der Waals surface area contributed by atoms with E-state index in [1.165, 1.54) is 18.2 Å². The highest BCUT2D eigenvalue weighted by Gasteiger charge is 2.31. The molecule has 0 atom stereocenters. The van der Waals surface area contributed by atoms with Crippen LogP contribution in [0.1, 0.15) is 20.8 Å². The Kier molecular flexibility index (Phi) is 6.64. The average molecular weight is 449 g/mol. The second-order valence-corrected chi connectivity index (χ2v) is 8.59. The summed E-state index contributed by atoms with van der Waals surface area (Å²) in [7, 11) is 0. The maximum atomic E-state index is 12.6. The highest BCUT2D eigenvalue weighted by atomic mass is 32.2. The number of nitrogens with one attached hydrogen (secondary N) is 2. The van der Waals surface area contributed by atoms with Crippen molar-refractivity contribution in [2.24, 2.45) is 0 Å². The zero-order valence-corrected chi connectivity index (χ0v) is 18.4. The van der Waals surface area contributed by atoms with E-state index in [4.69, 9.17) is 0 Å². The molecule has 0 radical (unpaired) electrons. The number of para-hydroxylation sites is 1. The molecule has 0 fully saturated rings. The fraction of sp³-hybridized carbons (Fsp3) is 0.273. The number of nitrogens with zero attached hydrogens (tertiary/aromatic N) is 2. The second kappa shape index (κ2) is 9.05. The lowest BCUT2D eigenvalue weighted by Gasteiger charge is -2.21. The van der Waals surface area contributed by atoms with E-state index in [1.807, 2.05) is 51.3 Å². The maximum absolute atomic E-state index is 12.6. The first kappa shape index (κ1) is 22.7. The zero-order chi connectivity index (χ0) is 22.6. The van der Waals surface area contributed by atoms with Crippen molar-refractivity contribution in [1.29, 1.82) is 0 Å². The normalized spacial score (nSPS) is 11.8. The number of ether oxygens (including phenoxy) is 1. The predicted molar refractivity (Wildman–Crippen MR) is 119 cm³/mol. The fourth-order valence-electron chi connectivity index (χ4n) is 2.79. The standard InChI is InChI=1S/C22H23F3N4OS/c1-21(2,3)29-20-27-17(14-8-7-9-15(12-14)30-22(23,24)25)13-19(28-20)26-16-10-5-6-11-18(16)31-4/h5-13H,1-4H3,(H2,26,27,28,29). The van der Waals surface area contributed by atoms with Crippen molar-refractivity contribution in [2.75, 3.05) is 16.9 Å². The highest BCUT2D eigenvalue weighted by Crippen LogP contribution is 2.31. The van der Waals surface area contributed by atoms with Gasteiger partial charge in [-0.25, -0.2) is 4.98 Å². The van der Waals surface area contributed by atoms with Crippen LogP contribution < -0.4 is 15.4 Å². The molecule has 5 nitrogen and oxygen atoms in total. The van der Waals surface area contributed by atoms with E-state index in [0.29, 0.717) is 23.0 Å². The Morgan fingerprint density at radius 2 is 1.68 bits per heavy atom. The van der Waals surface area contributed by atoms with Gasteiger partial charge in [-0.3, -0.25) is 0 Å². The molecule has 0 amide bonds. The van der Waals surface area contributed by atoms with E-state index in [1.54, 1.807) is 23.9 Å². The van der Waals surface area contributed by atoms with Gasteiger partial charge in [-0.1, -0.05) is 24.3 Å². The number of anilines is 3.